The van der Waals surface area contributed by atoms with E-state index in [1.54, 1.807) is 24.3 Å². The summed E-state index contributed by atoms with van der Waals surface area (Å²) in [5, 5.41) is -0.595. The molecule has 2 heterocycles. The molecule has 0 saturated carbocycles. The minimum Gasteiger partial charge on any atom is -0.316 e. The Labute approximate surface area is 205 Å². The highest BCUT2D eigenvalue weighted by Gasteiger charge is 2.50. The summed E-state index contributed by atoms with van der Waals surface area (Å²) in [6.45, 7) is 0. The molecule has 188 valence electrons. The van der Waals surface area contributed by atoms with Crippen molar-refractivity contribution in [2.75, 3.05) is 16.4 Å². The lowest BCUT2D eigenvalue weighted by atomic mass is 10.1. The Hall–Kier alpha value is -2.25. The summed E-state index contributed by atoms with van der Waals surface area (Å²) in [6.07, 6.45) is -10.5. The van der Waals surface area contributed by atoms with E-state index in [4.69, 9.17) is 11.6 Å². The maximum atomic E-state index is 13.4. The average molecular weight is 557 g/mol. The monoisotopic (exact) mass is 556 g/mol. The number of alkyl halides is 6. The van der Waals surface area contributed by atoms with E-state index in [9.17, 15) is 39.6 Å². The number of hydrogen-bond donors (Lipinski definition) is 0. The fourth-order valence-corrected chi connectivity index (χ4v) is 8.03. The predicted molar refractivity (Wildman–Crippen MR) is 120 cm³/mol. The second-order valence-corrected chi connectivity index (χ2v) is 11.8. The van der Waals surface area contributed by atoms with Crippen LogP contribution < -0.4 is 4.90 Å². The van der Waals surface area contributed by atoms with Gasteiger partial charge in [0.05, 0.1) is 35.1 Å². The molecule has 1 amide bonds. The van der Waals surface area contributed by atoms with Gasteiger partial charge in [0.15, 0.2) is 15.0 Å². The Balaban J connectivity index is 1.79. The van der Waals surface area contributed by atoms with Gasteiger partial charge in [-0.15, -0.1) is 0 Å². The smallest absolute Gasteiger partial charge is 0.316 e. The number of nitrogens with zero attached hydrogens (tertiary/aromatic N) is 2. The first-order chi connectivity index (χ1) is 16.1. The van der Waals surface area contributed by atoms with Crippen LogP contribution in [-0.2, 0) is 33.4 Å². The van der Waals surface area contributed by atoms with E-state index in [1.807, 2.05) is 0 Å². The van der Waals surface area contributed by atoms with Crippen molar-refractivity contribution in [2.45, 2.75) is 30.1 Å². The molecule has 35 heavy (non-hydrogen) atoms. The molecule has 14 heteroatoms. The van der Waals surface area contributed by atoms with Gasteiger partial charge in [-0.2, -0.15) is 31.3 Å². The highest BCUT2D eigenvalue weighted by atomic mass is 35.5. The summed E-state index contributed by atoms with van der Waals surface area (Å²) in [5.74, 6) is -1.58. The zero-order valence-electron chi connectivity index (χ0n) is 17.4. The molecular weight excluding hydrogens is 542 g/mol. The molecule has 0 N–H and O–H groups in total. The molecule has 2 atom stereocenters. The molecule has 0 unspecified atom stereocenters. The Morgan fingerprint density at radius 3 is 2.20 bits per heavy atom. The molecule has 5 nitrogen and oxygen atoms in total. The van der Waals surface area contributed by atoms with Crippen molar-refractivity contribution >= 4 is 50.0 Å². The summed E-state index contributed by atoms with van der Waals surface area (Å²) < 4.78 is 105. The van der Waals surface area contributed by atoms with Gasteiger partial charge in [-0.3, -0.25) is 4.79 Å². The van der Waals surface area contributed by atoms with Gasteiger partial charge in [-0.25, -0.2) is 8.42 Å². The normalized spacial score (nSPS) is 23.1. The van der Waals surface area contributed by atoms with E-state index in [0.717, 1.165) is 16.7 Å². The number of thioether (sulfide) groups is 1. The van der Waals surface area contributed by atoms with Crippen molar-refractivity contribution in [3.05, 3.63) is 64.2 Å². The molecule has 0 bridgehead atoms. The summed E-state index contributed by atoms with van der Waals surface area (Å²) in [5.41, 5.74) is -3.23. The van der Waals surface area contributed by atoms with Crippen LogP contribution in [0.4, 0.5) is 32.0 Å². The van der Waals surface area contributed by atoms with Gasteiger partial charge < -0.3 is 4.90 Å². The number of carbonyl (C=O) groups is 1. The molecule has 0 aromatic heterocycles. The van der Waals surface area contributed by atoms with Gasteiger partial charge >= 0.3 is 12.4 Å². The Bertz CT molecular complexity index is 1280. The first kappa shape index (κ1) is 25.8. The van der Waals surface area contributed by atoms with Crippen molar-refractivity contribution < 1.29 is 39.6 Å². The van der Waals surface area contributed by atoms with Crippen LogP contribution in [0, 0.1) is 0 Å². The van der Waals surface area contributed by atoms with E-state index >= 15 is 0 Å². The lowest BCUT2D eigenvalue weighted by Gasteiger charge is -2.26. The number of rotatable bonds is 3. The Kier molecular flexibility index (Phi) is 6.64. The first-order valence-corrected chi connectivity index (χ1v) is 13.0. The maximum Gasteiger partial charge on any atom is 0.416 e. The third-order valence-corrected chi connectivity index (χ3v) is 9.02. The number of anilines is 1. The van der Waals surface area contributed by atoms with Crippen LogP contribution in [0.1, 0.15) is 16.7 Å². The minimum absolute atomic E-state index is 0.0189. The van der Waals surface area contributed by atoms with Crippen molar-refractivity contribution in [1.82, 2.24) is 0 Å². The maximum absolute atomic E-state index is 13.4. The fraction of sp³-hybridized carbons (Fsp3) is 0.333. The summed E-state index contributed by atoms with van der Waals surface area (Å²) in [6, 6.07) is 6.39. The SMILES string of the molecule is O=C(Cc1ccccc1Cl)N=C1S[C@H]2CS(=O)(=O)C[C@H]2N1c1cc(C(F)(F)F)cc(C(F)(F)F)c1. The van der Waals surface area contributed by atoms with Gasteiger partial charge in [0.1, 0.15) is 0 Å². The van der Waals surface area contributed by atoms with Crippen molar-refractivity contribution in [1.29, 1.82) is 0 Å². The van der Waals surface area contributed by atoms with Crippen LogP contribution in [-0.4, -0.2) is 42.3 Å². The molecule has 4 rings (SSSR count). The number of amidine groups is 1. The number of amides is 1. The number of halogens is 7. The van der Waals surface area contributed by atoms with E-state index in [2.05, 4.69) is 4.99 Å². The second kappa shape index (κ2) is 9.00. The van der Waals surface area contributed by atoms with E-state index < -0.39 is 62.0 Å². The molecular formula is C21H15ClF6N2O3S2. The third kappa shape index (κ3) is 5.61. The first-order valence-electron chi connectivity index (χ1n) is 9.95. The number of hydrogen-bond acceptors (Lipinski definition) is 4. The van der Waals surface area contributed by atoms with Gasteiger partial charge in [-0.05, 0) is 29.8 Å². The van der Waals surface area contributed by atoms with E-state index in [0.29, 0.717) is 17.7 Å². The second-order valence-electron chi connectivity index (χ2n) is 7.99. The van der Waals surface area contributed by atoms with E-state index in [1.165, 1.54) is 0 Å². The molecule has 2 aromatic rings. The fourth-order valence-electron chi connectivity index (χ4n) is 3.89. The summed E-state index contributed by atoms with van der Waals surface area (Å²) >= 11 is 6.88. The number of sulfone groups is 1. The Morgan fingerprint density at radius 2 is 1.63 bits per heavy atom. The minimum atomic E-state index is -5.10. The van der Waals surface area contributed by atoms with Crippen molar-refractivity contribution in [2.24, 2.45) is 4.99 Å². The molecule has 2 aromatic carbocycles. The van der Waals surface area contributed by atoms with Crippen LogP contribution in [0.3, 0.4) is 0 Å². The lowest BCUT2D eigenvalue weighted by molar-refractivity contribution is -0.143. The average Bonchev–Trinajstić information content (AvgIpc) is 3.18. The van der Waals surface area contributed by atoms with Gasteiger partial charge in [-0.1, -0.05) is 41.6 Å². The number of aliphatic imine (C=N–C) groups is 1. The van der Waals surface area contributed by atoms with Crippen LogP contribution in [0.15, 0.2) is 47.5 Å². The standard InChI is InChI=1S/C21H15ClF6N2O3S2/c22-15-4-2-1-3-11(15)5-18(31)29-19-30(16-9-35(32,33)10-17(16)34-19)14-7-12(20(23,24)25)6-13(8-14)21(26,27)28/h1-4,6-8,16-17H,5,9-10H2/t16-,17+/m1/s1. The number of carbonyl (C=O) groups excluding carboxylic acids is 1. The summed E-state index contributed by atoms with van der Waals surface area (Å²) in [7, 11) is -3.59. The van der Waals surface area contributed by atoms with Gasteiger partial charge in [0.2, 0.25) is 0 Å². The third-order valence-electron chi connectivity index (χ3n) is 5.44. The van der Waals surface area contributed by atoms with Crippen LogP contribution in [0.25, 0.3) is 0 Å². The predicted octanol–water partition coefficient (Wildman–Crippen LogP) is 5.22. The highest BCUT2D eigenvalue weighted by molar-refractivity contribution is 8.16. The lowest BCUT2D eigenvalue weighted by Crippen LogP contribution is -2.38. The zero-order valence-corrected chi connectivity index (χ0v) is 19.8. The zero-order chi connectivity index (χ0) is 25.8. The van der Waals surface area contributed by atoms with Crippen molar-refractivity contribution in [3.63, 3.8) is 0 Å². The van der Waals surface area contributed by atoms with Gasteiger partial charge in [0, 0.05) is 16.0 Å². The van der Waals surface area contributed by atoms with Crippen LogP contribution in [0.2, 0.25) is 5.02 Å². The summed E-state index contributed by atoms with van der Waals surface area (Å²) in [4.78, 5) is 17.6. The molecule has 2 aliphatic rings. The quantitative estimate of drug-likeness (QED) is 0.485. The highest BCUT2D eigenvalue weighted by Crippen LogP contribution is 2.44. The topological polar surface area (TPSA) is 66.8 Å². The largest absolute Gasteiger partial charge is 0.416 e. The molecule has 2 saturated heterocycles. The molecule has 0 radical (unpaired) electrons. The molecule has 0 spiro atoms. The number of fused-ring (bicyclic) bond motifs is 1. The molecule has 2 fully saturated rings. The van der Waals surface area contributed by atoms with E-state index in [-0.39, 0.29) is 28.4 Å². The van der Waals surface area contributed by atoms with Crippen LogP contribution >= 0.6 is 23.4 Å². The van der Waals surface area contributed by atoms with Crippen LogP contribution in [0.5, 0.6) is 0 Å². The van der Waals surface area contributed by atoms with Crippen molar-refractivity contribution in [3.8, 4) is 0 Å². The molecule has 0 aliphatic carbocycles. The molecule has 2 aliphatic heterocycles. The number of benzene rings is 2. The Morgan fingerprint density at radius 1 is 1.03 bits per heavy atom. The van der Waals surface area contributed by atoms with Gasteiger partial charge in [0.25, 0.3) is 5.91 Å².